The standard InChI is InChI=1S/C15H19N3O/c1-15(2,3)13-9-18-11(8-16-13)10-6-5-7-12(19-4)14(10)17-18/h5-8,13H,9H2,1-4H3. The van der Waals surface area contributed by atoms with E-state index < -0.39 is 0 Å². The van der Waals surface area contributed by atoms with Gasteiger partial charge in [-0.3, -0.25) is 9.67 Å². The topological polar surface area (TPSA) is 39.4 Å². The molecule has 0 radical (unpaired) electrons. The van der Waals surface area contributed by atoms with Crippen LogP contribution in [0.4, 0.5) is 0 Å². The number of benzene rings is 1. The summed E-state index contributed by atoms with van der Waals surface area (Å²) in [6.45, 7) is 7.46. The molecule has 19 heavy (non-hydrogen) atoms. The SMILES string of the molecule is COc1cccc2c3n(nc12)CC(C(C)(C)C)N=C3. The Hall–Kier alpha value is -1.84. The van der Waals surface area contributed by atoms with E-state index in [9.17, 15) is 0 Å². The molecule has 1 atom stereocenters. The van der Waals surface area contributed by atoms with Crippen LogP contribution in [0.1, 0.15) is 26.5 Å². The van der Waals surface area contributed by atoms with Crippen molar-refractivity contribution in [3.8, 4) is 5.75 Å². The van der Waals surface area contributed by atoms with Crippen molar-refractivity contribution in [3.63, 3.8) is 0 Å². The van der Waals surface area contributed by atoms with Gasteiger partial charge in [0.1, 0.15) is 11.3 Å². The van der Waals surface area contributed by atoms with Crippen LogP contribution in [0.15, 0.2) is 23.2 Å². The summed E-state index contributed by atoms with van der Waals surface area (Å²) in [6.07, 6.45) is 1.95. The number of aliphatic imine (C=N–C) groups is 1. The Balaban J connectivity index is 2.12. The number of hydrogen-bond acceptors (Lipinski definition) is 3. The Kier molecular flexibility index (Phi) is 2.62. The number of nitrogens with zero attached hydrogens (tertiary/aromatic N) is 3. The van der Waals surface area contributed by atoms with E-state index in [1.807, 2.05) is 18.3 Å². The van der Waals surface area contributed by atoms with E-state index in [0.29, 0.717) is 0 Å². The zero-order chi connectivity index (χ0) is 13.6. The van der Waals surface area contributed by atoms with Crippen LogP contribution in [0.2, 0.25) is 0 Å². The first kappa shape index (κ1) is 12.2. The van der Waals surface area contributed by atoms with Crippen molar-refractivity contribution in [2.24, 2.45) is 10.4 Å². The third-order valence-electron chi connectivity index (χ3n) is 3.72. The Labute approximate surface area is 113 Å². The van der Waals surface area contributed by atoms with Crippen molar-refractivity contribution in [2.75, 3.05) is 7.11 Å². The number of rotatable bonds is 1. The van der Waals surface area contributed by atoms with Gasteiger partial charge in [-0.2, -0.15) is 5.10 Å². The molecule has 4 heteroatoms. The monoisotopic (exact) mass is 257 g/mol. The molecule has 4 nitrogen and oxygen atoms in total. The third kappa shape index (κ3) is 1.91. The molecule has 2 heterocycles. The van der Waals surface area contributed by atoms with E-state index in [2.05, 4.69) is 36.6 Å². The largest absolute Gasteiger partial charge is 0.494 e. The van der Waals surface area contributed by atoms with Gasteiger partial charge >= 0.3 is 0 Å². The van der Waals surface area contributed by atoms with Gasteiger partial charge in [0.15, 0.2) is 0 Å². The highest BCUT2D eigenvalue weighted by atomic mass is 16.5. The van der Waals surface area contributed by atoms with Gasteiger partial charge in [-0.15, -0.1) is 0 Å². The van der Waals surface area contributed by atoms with Crippen LogP contribution >= 0.6 is 0 Å². The fourth-order valence-corrected chi connectivity index (χ4v) is 2.45. The number of fused-ring (bicyclic) bond motifs is 3. The lowest BCUT2D eigenvalue weighted by atomic mass is 9.86. The highest BCUT2D eigenvalue weighted by Gasteiger charge is 2.28. The summed E-state index contributed by atoms with van der Waals surface area (Å²) >= 11 is 0. The number of methoxy groups -OCH3 is 1. The van der Waals surface area contributed by atoms with E-state index >= 15 is 0 Å². The molecule has 0 spiro atoms. The summed E-state index contributed by atoms with van der Waals surface area (Å²) in [5.41, 5.74) is 2.14. The molecule has 100 valence electrons. The van der Waals surface area contributed by atoms with Gasteiger partial charge in [0.2, 0.25) is 0 Å². The highest BCUT2D eigenvalue weighted by molar-refractivity contribution is 5.99. The number of aromatic nitrogens is 2. The van der Waals surface area contributed by atoms with Crippen molar-refractivity contribution < 1.29 is 4.74 Å². The highest BCUT2D eigenvalue weighted by Crippen LogP contribution is 2.31. The van der Waals surface area contributed by atoms with E-state index in [-0.39, 0.29) is 11.5 Å². The van der Waals surface area contributed by atoms with E-state index in [4.69, 9.17) is 9.73 Å². The molecule has 0 N–H and O–H groups in total. The Bertz CT molecular complexity index is 649. The van der Waals surface area contributed by atoms with Crippen LogP contribution in [-0.4, -0.2) is 29.1 Å². The normalized spacial score (nSPS) is 18.6. The molecule has 0 fully saturated rings. The van der Waals surface area contributed by atoms with Crippen LogP contribution in [0, 0.1) is 5.41 Å². The van der Waals surface area contributed by atoms with Crippen LogP contribution < -0.4 is 4.74 Å². The summed E-state index contributed by atoms with van der Waals surface area (Å²) in [4.78, 5) is 4.69. The minimum Gasteiger partial charge on any atom is -0.494 e. The lowest BCUT2D eigenvalue weighted by Gasteiger charge is -2.29. The van der Waals surface area contributed by atoms with Gasteiger partial charge in [-0.1, -0.05) is 32.9 Å². The lowest BCUT2D eigenvalue weighted by Crippen LogP contribution is -2.33. The molecular weight excluding hydrogens is 238 g/mol. The average Bonchev–Trinajstić information content (AvgIpc) is 2.75. The lowest BCUT2D eigenvalue weighted by molar-refractivity contribution is 0.281. The van der Waals surface area contributed by atoms with Gasteiger partial charge in [-0.25, -0.2) is 0 Å². The molecule has 0 saturated carbocycles. The molecule has 0 bridgehead atoms. The molecule has 0 amide bonds. The van der Waals surface area contributed by atoms with Crippen molar-refractivity contribution in [2.45, 2.75) is 33.4 Å². The van der Waals surface area contributed by atoms with Gasteiger partial charge in [-0.05, 0) is 11.5 Å². The van der Waals surface area contributed by atoms with Crippen LogP contribution in [-0.2, 0) is 6.54 Å². The summed E-state index contributed by atoms with van der Waals surface area (Å²) in [5, 5.41) is 5.80. The smallest absolute Gasteiger partial charge is 0.146 e. The van der Waals surface area contributed by atoms with Gasteiger partial charge < -0.3 is 4.74 Å². The van der Waals surface area contributed by atoms with Crippen LogP contribution in [0.3, 0.4) is 0 Å². The molecular formula is C15H19N3O. The van der Waals surface area contributed by atoms with Crippen molar-refractivity contribution in [1.82, 2.24) is 9.78 Å². The summed E-state index contributed by atoms with van der Waals surface area (Å²) in [5.74, 6) is 0.820. The first-order chi connectivity index (χ1) is 9.00. The Morgan fingerprint density at radius 3 is 2.79 bits per heavy atom. The maximum Gasteiger partial charge on any atom is 0.146 e. The second kappa shape index (κ2) is 4.08. The average molecular weight is 257 g/mol. The second-order valence-corrected chi connectivity index (χ2v) is 6.08. The summed E-state index contributed by atoms with van der Waals surface area (Å²) < 4.78 is 7.43. The van der Waals surface area contributed by atoms with Gasteiger partial charge in [0.05, 0.1) is 25.4 Å². The fourth-order valence-electron chi connectivity index (χ4n) is 2.45. The van der Waals surface area contributed by atoms with Crippen molar-refractivity contribution in [1.29, 1.82) is 0 Å². The van der Waals surface area contributed by atoms with E-state index in [0.717, 1.165) is 28.9 Å². The van der Waals surface area contributed by atoms with E-state index in [1.54, 1.807) is 7.11 Å². The summed E-state index contributed by atoms with van der Waals surface area (Å²) in [6, 6.07) is 6.27. The number of ether oxygens (including phenoxy) is 1. The predicted molar refractivity (Wildman–Crippen MR) is 77.1 cm³/mol. The maximum atomic E-state index is 5.38. The zero-order valence-corrected chi connectivity index (χ0v) is 11.8. The third-order valence-corrected chi connectivity index (χ3v) is 3.72. The Morgan fingerprint density at radius 1 is 1.32 bits per heavy atom. The first-order valence-corrected chi connectivity index (χ1v) is 6.57. The predicted octanol–water partition coefficient (Wildman–Crippen LogP) is 2.89. The zero-order valence-electron chi connectivity index (χ0n) is 11.8. The Morgan fingerprint density at radius 2 is 2.11 bits per heavy atom. The quantitative estimate of drug-likeness (QED) is 0.788. The first-order valence-electron chi connectivity index (χ1n) is 6.57. The fraction of sp³-hybridized carbons (Fsp3) is 0.467. The molecule has 0 saturated heterocycles. The molecule has 2 aromatic rings. The summed E-state index contributed by atoms with van der Waals surface area (Å²) in [7, 11) is 1.68. The van der Waals surface area contributed by atoms with Gasteiger partial charge in [0.25, 0.3) is 0 Å². The number of hydrogen-bond donors (Lipinski definition) is 0. The second-order valence-electron chi connectivity index (χ2n) is 6.08. The van der Waals surface area contributed by atoms with Crippen molar-refractivity contribution >= 4 is 17.1 Å². The van der Waals surface area contributed by atoms with E-state index in [1.165, 1.54) is 0 Å². The molecule has 1 unspecified atom stereocenters. The van der Waals surface area contributed by atoms with Crippen LogP contribution in [0.5, 0.6) is 5.75 Å². The minimum absolute atomic E-state index is 0.149. The molecule has 1 aromatic carbocycles. The molecule has 1 aromatic heterocycles. The molecule has 3 rings (SSSR count). The minimum atomic E-state index is 0.149. The molecule has 1 aliphatic rings. The molecule has 0 aliphatic carbocycles. The molecule has 1 aliphatic heterocycles. The van der Waals surface area contributed by atoms with Crippen molar-refractivity contribution in [3.05, 3.63) is 23.9 Å². The van der Waals surface area contributed by atoms with Crippen LogP contribution in [0.25, 0.3) is 10.9 Å². The van der Waals surface area contributed by atoms with Gasteiger partial charge in [0, 0.05) is 11.6 Å². The maximum absolute atomic E-state index is 5.38.